The minimum atomic E-state index is -0.678. The highest BCUT2D eigenvalue weighted by Crippen LogP contribution is 2.41. The molecular weight excluding hydrogens is 780 g/mol. The summed E-state index contributed by atoms with van der Waals surface area (Å²) in [6.07, 6.45) is -0.334. The van der Waals surface area contributed by atoms with E-state index in [0.717, 1.165) is 0 Å². The predicted octanol–water partition coefficient (Wildman–Crippen LogP) is 5.52. The number of rotatable bonds is 15. The summed E-state index contributed by atoms with van der Waals surface area (Å²) in [6.45, 7) is 20.2. The molecule has 0 unspecified atom stereocenters. The monoisotopic (exact) mass is 834 g/mol. The molecule has 1 aromatic heterocycles. The van der Waals surface area contributed by atoms with Crippen LogP contribution in [0.2, 0.25) is 0 Å². The number of nitrogens with zero attached hydrogens (tertiary/aromatic N) is 6. The molecule has 1 aromatic rings. The van der Waals surface area contributed by atoms with Crippen LogP contribution >= 0.6 is 0 Å². The number of carbonyl (C=O) groups excluding carboxylic acids is 6. The smallest absolute Gasteiger partial charge is 0.336 e. The fourth-order valence-corrected chi connectivity index (χ4v) is 7.03. The van der Waals surface area contributed by atoms with Crippen molar-refractivity contribution in [2.75, 3.05) is 54.3 Å². The van der Waals surface area contributed by atoms with Gasteiger partial charge in [-0.25, -0.2) is 28.8 Å². The second-order valence-electron chi connectivity index (χ2n) is 13.5. The van der Waals surface area contributed by atoms with E-state index >= 15 is 0 Å². The second kappa shape index (κ2) is 20.1. The van der Waals surface area contributed by atoms with E-state index in [1.54, 1.807) is 83.1 Å². The first-order chi connectivity index (χ1) is 28.5. The molecule has 324 valence electrons. The Morgan fingerprint density at radius 3 is 0.633 bits per heavy atom. The molecule has 18 nitrogen and oxygen atoms in total. The van der Waals surface area contributed by atoms with Crippen molar-refractivity contribution in [3.05, 3.63) is 67.6 Å². The summed E-state index contributed by atoms with van der Waals surface area (Å²) >= 11 is 0. The summed E-state index contributed by atoms with van der Waals surface area (Å²) in [4.78, 5) is 100. The van der Waals surface area contributed by atoms with Crippen molar-refractivity contribution in [2.45, 2.75) is 102 Å². The van der Waals surface area contributed by atoms with Crippen LogP contribution in [-0.4, -0.2) is 90.4 Å². The molecular formula is C42H54N6O12. The molecule has 18 heteroatoms. The highest BCUT2D eigenvalue weighted by molar-refractivity contribution is 6.00. The minimum absolute atomic E-state index is 0.0582. The number of aromatic nitrogens is 3. The van der Waals surface area contributed by atoms with Crippen LogP contribution in [0.1, 0.15) is 102 Å². The molecule has 0 spiro atoms. The zero-order chi connectivity index (χ0) is 44.6. The first kappa shape index (κ1) is 46.4. The molecule has 0 N–H and O–H groups in total. The first-order valence-electron chi connectivity index (χ1n) is 19.9. The van der Waals surface area contributed by atoms with E-state index in [4.69, 9.17) is 43.4 Å². The average molecular weight is 835 g/mol. The number of hydrogen-bond acceptors (Lipinski definition) is 18. The quantitative estimate of drug-likeness (QED) is 0.157. The topological polar surface area (TPSA) is 206 Å². The summed E-state index contributed by atoms with van der Waals surface area (Å²) in [5.41, 5.74) is 2.69. The molecule has 0 amide bonds. The summed E-state index contributed by atoms with van der Waals surface area (Å²) in [5, 5.41) is 0. The molecule has 0 aliphatic carbocycles. The third kappa shape index (κ3) is 9.26. The Labute approximate surface area is 349 Å². The van der Waals surface area contributed by atoms with Crippen LogP contribution in [0.4, 0.5) is 17.8 Å². The van der Waals surface area contributed by atoms with Gasteiger partial charge in [-0.3, -0.25) is 14.7 Å². The maximum Gasteiger partial charge on any atom is 0.336 e. The Balaban J connectivity index is 2.22. The lowest BCUT2D eigenvalue weighted by Gasteiger charge is -2.36. The van der Waals surface area contributed by atoms with E-state index < -0.39 is 35.8 Å². The predicted molar refractivity (Wildman–Crippen MR) is 217 cm³/mol. The summed E-state index contributed by atoms with van der Waals surface area (Å²) in [7, 11) is 0. The lowest BCUT2D eigenvalue weighted by molar-refractivity contribution is -0.141. The standard InChI is InChI=1S/C42H54N6O12/c1-13-55-34(49)28-19-29(35(50)56-14-2)23(8)46(22(28)7)40-43-41(47-24(9)30(36(51)57-15-3)20-31(25(47)10)37(52)58-16-4)45-42(44-40)48-26(11)32(38(53)59-17-5)21-33(27(48)12)39(54)60-18-6/h13-21H2,1-12H3. The lowest BCUT2D eigenvalue weighted by Crippen LogP contribution is -2.36. The van der Waals surface area contributed by atoms with E-state index in [-0.39, 0.29) is 110 Å². The van der Waals surface area contributed by atoms with Gasteiger partial charge in [-0.05, 0) is 83.1 Å². The van der Waals surface area contributed by atoms with E-state index in [1.165, 1.54) is 14.7 Å². The van der Waals surface area contributed by atoms with Crippen molar-refractivity contribution >= 4 is 53.7 Å². The normalized spacial score (nSPS) is 16.1. The van der Waals surface area contributed by atoms with Crippen LogP contribution in [0, 0.1) is 0 Å². The van der Waals surface area contributed by atoms with Crippen molar-refractivity contribution in [1.29, 1.82) is 0 Å². The molecule has 4 heterocycles. The number of esters is 6. The van der Waals surface area contributed by atoms with Crippen molar-refractivity contribution in [2.24, 2.45) is 0 Å². The molecule has 60 heavy (non-hydrogen) atoms. The Morgan fingerprint density at radius 2 is 0.500 bits per heavy atom. The summed E-state index contributed by atoms with van der Waals surface area (Å²) < 4.78 is 32.4. The van der Waals surface area contributed by atoms with Crippen molar-refractivity contribution in [3.8, 4) is 0 Å². The summed E-state index contributed by atoms with van der Waals surface area (Å²) in [5.74, 6) is -4.46. The van der Waals surface area contributed by atoms with Gasteiger partial charge in [0, 0.05) is 53.4 Å². The Bertz CT molecular complexity index is 1790. The fourth-order valence-electron chi connectivity index (χ4n) is 7.03. The van der Waals surface area contributed by atoms with Crippen LogP contribution in [-0.2, 0) is 57.2 Å². The van der Waals surface area contributed by atoms with E-state index in [0.29, 0.717) is 34.2 Å². The number of carbonyl (C=O) groups is 6. The minimum Gasteiger partial charge on any atom is -0.463 e. The zero-order valence-corrected chi connectivity index (χ0v) is 36.4. The van der Waals surface area contributed by atoms with Gasteiger partial charge in [-0.2, -0.15) is 15.0 Å². The lowest BCUT2D eigenvalue weighted by atomic mass is 9.96. The van der Waals surface area contributed by atoms with E-state index in [9.17, 15) is 28.8 Å². The highest BCUT2D eigenvalue weighted by atomic mass is 16.6. The molecule has 0 saturated carbocycles. The molecule has 0 atom stereocenters. The third-order valence-electron chi connectivity index (χ3n) is 10.0. The van der Waals surface area contributed by atoms with E-state index in [2.05, 4.69) is 0 Å². The molecule has 4 rings (SSSR count). The van der Waals surface area contributed by atoms with Crippen molar-refractivity contribution in [1.82, 2.24) is 15.0 Å². The van der Waals surface area contributed by atoms with Gasteiger partial charge in [-0.1, -0.05) is 0 Å². The Hall–Kier alpha value is -6.33. The van der Waals surface area contributed by atoms with Crippen LogP contribution in [0.5, 0.6) is 0 Å². The largest absolute Gasteiger partial charge is 0.463 e. The van der Waals surface area contributed by atoms with Gasteiger partial charge in [0.2, 0.25) is 17.8 Å². The van der Waals surface area contributed by atoms with E-state index in [1.807, 2.05) is 0 Å². The molecule has 0 aromatic carbocycles. The van der Waals surface area contributed by atoms with Gasteiger partial charge < -0.3 is 28.4 Å². The maximum atomic E-state index is 13.5. The third-order valence-corrected chi connectivity index (χ3v) is 10.0. The van der Waals surface area contributed by atoms with Gasteiger partial charge in [0.15, 0.2) is 0 Å². The van der Waals surface area contributed by atoms with Gasteiger partial charge in [-0.15, -0.1) is 0 Å². The van der Waals surface area contributed by atoms with Gasteiger partial charge in [0.1, 0.15) is 0 Å². The number of hydrogen-bond donors (Lipinski definition) is 0. The Morgan fingerprint density at radius 1 is 0.350 bits per heavy atom. The summed E-state index contributed by atoms with van der Waals surface area (Å²) in [6, 6.07) is 0. The number of anilines is 3. The number of allylic oxidation sites excluding steroid dienone is 6. The molecule has 0 radical (unpaired) electrons. The molecule has 3 aliphatic rings. The van der Waals surface area contributed by atoms with Gasteiger partial charge >= 0.3 is 35.8 Å². The number of ether oxygens (including phenoxy) is 6. The Kier molecular flexibility index (Phi) is 15.5. The molecule has 0 fully saturated rings. The van der Waals surface area contributed by atoms with Gasteiger partial charge in [0.25, 0.3) is 0 Å². The van der Waals surface area contributed by atoms with Crippen molar-refractivity contribution in [3.63, 3.8) is 0 Å². The second-order valence-corrected chi connectivity index (χ2v) is 13.5. The SMILES string of the molecule is CCOC(=O)C1=C(C)N(c2nc(N3C(C)=C(C(=O)OCC)CC(C(=O)OCC)=C3C)nc(N3C(C)=C(C(=O)OCC)CC(C(=O)OCC)=C3C)n2)C(C)=C(C(=O)OCC)C1. The van der Waals surface area contributed by atoms with Gasteiger partial charge in [0.05, 0.1) is 73.1 Å². The van der Waals surface area contributed by atoms with Crippen LogP contribution in [0.3, 0.4) is 0 Å². The molecule has 0 saturated heterocycles. The molecule has 3 aliphatic heterocycles. The van der Waals surface area contributed by atoms with Crippen molar-refractivity contribution < 1.29 is 57.2 Å². The zero-order valence-electron chi connectivity index (χ0n) is 36.4. The average Bonchev–Trinajstić information content (AvgIpc) is 3.18. The van der Waals surface area contributed by atoms with Crippen LogP contribution in [0.25, 0.3) is 0 Å². The highest BCUT2D eigenvalue weighted by Gasteiger charge is 2.39. The first-order valence-corrected chi connectivity index (χ1v) is 19.9. The van der Waals surface area contributed by atoms with Crippen LogP contribution < -0.4 is 14.7 Å². The maximum absolute atomic E-state index is 13.5. The fraction of sp³-hybridized carbons (Fsp3) is 0.500. The van der Waals surface area contributed by atoms with Crippen LogP contribution in [0.15, 0.2) is 67.6 Å². The molecule has 0 bridgehead atoms.